The SMILES string of the molecule is Cc1cc(C)n(CC(=O)N2CC[C@@]3(CCCN(Cc4cccc(F)c4F)C3)C2)n1. The molecule has 29 heavy (non-hydrogen) atoms. The largest absolute Gasteiger partial charge is 0.340 e. The maximum absolute atomic E-state index is 14.1. The fourth-order valence-corrected chi connectivity index (χ4v) is 4.90. The average Bonchev–Trinajstić information content (AvgIpc) is 3.22. The highest BCUT2D eigenvalue weighted by Gasteiger charge is 2.42. The first kappa shape index (κ1) is 20.0. The second-order valence-electron chi connectivity index (χ2n) is 8.68. The Bertz CT molecular complexity index is 912. The Morgan fingerprint density at radius 2 is 2.00 bits per heavy atom. The van der Waals surface area contributed by atoms with Crippen molar-refractivity contribution in [2.75, 3.05) is 26.2 Å². The van der Waals surface area contributed by atoms with E-state index in [9.17, 15) is 13.6 Å². The Morgan fingerprint density at radius 3 is 2.76 bits per heavy atom. The summed E-state index contributed by atoms with van der Waals surface area (Å²) in [5.41, 5.74) is 2.36. The van der Waals surface area contributed by atoms with Crippen molar-refractivity contribution >= 4 is 5.91 Å². The molecule has 5 nitrogen and oxygen atoms in total. The number of halogens is 2. The van der Waals surface area contributed by atoms with Crippen LogP contribution in [0.2, 0.25) is 0 Å². The molecule has 156 valence electrons. The van der Waals surface area contributed by atoms with Crippen molar-refractivity contribution in [2.24, 2.45) is 5.41 Å². The third-order valence-corrected chi connectivity index (χ3v) is 6.35. The minimum atomic E-state index is -0.795. The molecule has 1 amide bonds. The lowest BCUT2D eigenvalue weighted by Crippen LogP contribution is -2.45. The van der Waals surface area contributed by atoms with Crippen molar-refractivity contribution in [2.45, 2.75) is 46.2 Å². The second-order valence-corrected chi connectivity index (χ2v) is 8.68. The number of hydrogen-bond donors (Lipinski definition) is 0. The van der Waals surface area contributed by atoms with Crippen LogP contribution in [0, 0.1) is 30.9 Å². The maximum Gasteiger partial charge on any atom is 0.244 e. The standard InChI is InChI=1S/C22H28F2N4O/c1-16-11-17(2)28(25-16)13-20(29)27-10-8-22(15-27)7-4-9-26(14-22)12-18-5-3-6-19(23)21(18)24/h3,5-6,11H,4,7-10,12-15H2,1-2H3/t22-/m1/s1. The summed E-state index contributed by atoms with van der Waals surface area (Å²) in [6.07, 6.45) is 3.03. The van der Waals surface area contributed by atoms with Gasteiger partial charge in [-0.2, -0.15) is 5.10 Å². The minimum absolute atomic E-state index is 0.0484. The number of aromatic nitrogens is 2. The first-order chi connectivity index (χ1) is 13.8. The Kier molecular flexibility index (Phi) is 5.42. The maximum atomic E-state index is 14.1. The molecule has 0 radical (unpaired) electrons. The van der Waals surface area contributed by atoms with Crippen LogP contribution in [-0.2, 0) is 17.9 Å². The zero-order valence-corrected chi connectivity index (χ0v) is 17.1. The molecule has 0 N–H and O–H groups in total. The predicted octanol–water partition coefficient (Wildman–Crippen LogP) is 3.29. The van der Waals surface area contributed by atoms with Crippen LogP contribution in [-0.4, -0.2) is 51.7 Å². The molecule has 2 aromatic rings. The number of carbonyl (C=O) groups is 1. The van der Waals surface area contributed by atoms with Gasteiger partial charge < -0.3 is 4.90 Å². The van der Waals surface area contributed by atoms with E-state index in [1.165, 1.54) is 0 Å². The first-order valence-electron chi connectivity index (χ1n) is 10.3. The van der Waals surface area contributed by atoms with Gasteiger partial charge >= 0.3 is 0 Å². The smallest absolute Gasteiger partial charge is 0.244 e. The summed E-state index contributed by atoms with van der Waals surface area (Å²) >= 11 is 0. The lowest BCUT2D eigenvalue weighted by molar-refractivity contribution is -0.131. The van der Waals surface area contributed by atoms with Crippen molar-refractivity contribution in [1.29, 1.82) is 0 Å². The normalized spacial score (nSPS) is 22.6. The molecule has 0 bridgehead atoms. The van der Waals surface area contributed by atoms with Gasteiger partial charge in [0.15, 0.2) is 11.6 Å². The van der Waals surface area contributed by atoms with Crippen molar-refractivity contribution in [3.63, 3.8) is 0 Å². The molecule has 0 aliphatic carbocycles. The van der Waals surface area contributed by atoms with E-state index in [1.807, 2.05) is 24.8 Å². The number of nitrogens with zero attached hydrogens (tertiary/aromatic N) is 4. The summed E-state index contributed by atoms with van der Waals surface area (Å²) in [6, 6.07) is 6.34. The number of hydrogen-bond acceptors (Lipinski definition) is 3. The van der Waals surface area contributed by atoms with Gasteiger partial charge in [0.05, 0.1) is 5.69 Å². The van der Waals surface area contributed by atoms with Gasteiger partial charge in [0.25, 0.3) is 0 Å². The predicted molar refractivity (Wildman–Crippen MR) is 106 cm³/mol. The quantitative estimate of drug-likeness (QED) is 0.788. The molecule has 0 saturated carbocycles. The van der Waals surface area contributed by atoms with E-state index in [0.717, 1.165) is 62.9 Å². The molecule has 2 saturated heterocycles. The van der Waals surface area contributed by atoms with Crippen LogP contribution < -0.4 is 0 Å². The van der Waals surface area contributed by atoms with Crippen molar-refractivity contribution in [1.82, 2.24) is 19.6 Å². The van der Waals surface area contributed by atoms with Gasteiger partial charge in [0.1, 0.15) is 6.54 Å². The van der Waals surface area contributed by atoms with Crippen LogP contribution in [0.5, 0.6) is 0 Å². The fraction of sp³-hybridized carbons (Fsp3) is 0.545. The van der Waals surface area contributed by atoms with Gasteiger partial charge in [0, 0.05) is 42.9 Å². The van der Waals surface area contributed by atoms with E-state index in [1.54, 1.807) is 16.8 Å². The molecular formula is C22H28F2N4O. The average molecular weight is 402 g/mol. The Morgan fingerprint density at radius 1 is 1.17 bits per heavy atom. The molecule has 1 aromatic carbocycles. The van der Waals surface area contributed by atoms with Gasteiger partial charge in [-0.3, -0.25) is 14.4 Å². The number of carbonyl (C=O) groups excluding carboxylic acids is 1. The topological polar surface area (TPSA) is 41.4 Å². The van der Waals surface area contributed by atoms with E-state index >= 15 is 0 Å². The molecular weight excluding hydrogens is 374 g/mol. The lowest BCUT2D eigenvalue weighted by Gasteiger charge is -2.40. The summed E-state index contributed by atoms with van der Waals surface area (Å²) < 4.78 is 29.4. The van der Waals surface area contributed by atoms with E-state index in [0.29, 0.717) is 12.1 Å². The monoisotopic (exact) mass is 402 g/mol. The van der Waals surface area contributed by atoms with Crippen LogP contribution in [0.4, 0.5) is 8.78 Å². The van der Waals surface area contributed by atoms with E-state index in [-0.39, 0.29) is 17.9 Å². The lowest BCUT2D eigenvalue weighted by atomic mass is 9.79. The third kappa shape index (κ3) is 4.20. The number of benzene rings is 1. The molecule has 7 heteroatoms. The molecule has 1 atom stereocenters. The van der Waals surface area contributed by atoms with Crippen LogP contribution in [0.15, 0.2) is 24.3 Å². The molecule has 0 unspecified atom stereocenters. The number of amides is 1. The van der Waals surface area contributed by atoms with Crippen molar-refractivity contribution in [3.05, 3.63) is 52.9 Å². The highest BCUT2D eigenvalue weighted by molar-refractivity contribution is 5.76. The van der Waals surface area contributed by atoms with E-state index < -0.39 is 11.6 Å². The third-order valence-electron chi connectivity index (χ3n) is 6.35. The zero-order valence-electron chi connectivity index (χ0n) is 17.1. The van der Waals surface area contributed by atoms with Gasteiger partial charge in [-0.1, -0.05) is 12.1 Å². The van der Waals surface area contributed by atoms with Crippen LogP contribution in [0.3, 0.4) is 0 Å². The van der Waals surface area contributed by atoms with Gasteiger partial charge in [0.2, 0.25) is 5.91 Å². The van der Waals surface area contributed by atoms with Crippen molar-refractivity contribution < 1.29 is 13.6 Å². The number of likely N-dealkylation sites (tertiary alicyclic amines) is 2. The highest BCUT2D eigenvalue weighted by atomic mass is 19.2. The number of rotatable bonds is 4. The van der Waals surface area contributed by atoms with Crippen LogP contribution in [0.1, 0.15) is 36.2 Å². The van der Waals surface area contributed by atoms with E-state index in [2.05, 4.69) is 10.00 Å². The molecule has 2 fully saturated rings. The molecule has 1 aromatic heterocycles. The summed E-state index contributed by atoms with van der Waals surface area (Å²) in [5.74, 6) is -1.45. The van der Waals surface area contributed by atoms with Gasteiger partial charge in [-0.25, -0.2) is 8.78 Å². The fourth-order valence-electron chi connectivity index (χ4n) is 4.90. The molecule has 2 aliphatic rings. The summed E-state index contributed by atoms with van der Waals surface area (Å²) in [6.45, 7) is 7.73. The summed E-state index contributed by atoms with van der Waals surface area (Å²) in [5, 5.41) is 4.39. The summed E-state index contributed by atoms with van der Waals surface area (Å²) in [4.78, 5) is 17.0. The van der Waals surface area contributed by atoms with Crippen LogP contribution in [0.25, 0.3) is 0 Å². The van der Waals surface area contributed by atoms with Gasteiger partial charge in [-0.15, -0.1) is 0 Å². The summed E-state index contributed by atoms with van der Waals surface area (Å²) in [7, 11) is 0. The molecule has 1 spiro atoms. The highest BCUT2D eigenvalue weighted by Crippen LogP contribution is 2.39. The van der Waals surface area contributed by atoms with Crippen molar-refractivity contribution in [3.8, 4) is 0 Å². The Balaban J connectivity index is 1.39. The molecule has 2 aliphatic heterocycles. The van der Waals surface area contributed by atoms with E-state index in [4.69, 9.17) is 0 Å². The molecule has 3 heterocycles. The van der Waals surface area contributed by atoms with Crippen LogP contribution >= 0.6 is 0 Å². The number of aryl methyl sites for hydroxylation is 2. The first-order valence-corrected chi connectivity index (χ1v) is 10.3. The minimum Gasteiger partial charge on any atom is -0.340 e. The Hall–Kier alpha value is -2.28. The Labute approximate surface area is 170 Å². The second kappa shape index (κ2) is 7.86. The molecule has 4 rings (SSSR count). The van der Waals surface area contributed by atoms with Gasteiger partial charge in [-0.05, 0) is 51.8 Å². The number of piperidine rings is 1. The zero-order chi connectivity index (χ0) is 20.6.